The molecule has 2 aromatic carbocycles. The number of carbonyl (C=O) groups excluding carboxylic acids is 1. The highest BCUT2D eigenvalue weighted by Crippen LogP contribution is 2.36. The van der Waals surface area contributed by atoms with Gasteiger partial charge in [0.1, 0.15) is 0 Å². The molecule has 1 N–H and O–H groups in total. The van der Waals surface area contributed by atoms with Gasteiger partial charge in [0.15, 0.2) is 11.6 Å². The molecule has 166 valence electrons. The Morgan fingerprint density at radius 1 is 0.938 bits per heavy atom. The van der Waals surface area contributed by atoms with Gasteiger partial charge in [-0.05, 0) is 72.2 Å². The molecule has 1 fully saturated rings. The highest BCUT2D eigenvalue weighted by Gasteiger charge is 2.39. The van der Waals surface area contributed by atoms with Crippen LogP contribution in [0.5, 0.6) is 0 Å². The molecule has 6 heteroatoms. The van der Waals surface area contributed by atoms with E-state index in [0.717, 1.165) is 29.2 Å². The summed E-state index contributed by atoms with van der Waals surface area (Å²) in [6, 6.07) is 15.5. The number of benzene rings is 2. The quantitative estimate of drug-likeness (QED) is 0.583. The fourth-order valence-corrected chi connectivity index (χ4v) is 4.23. The zero-order chi connectivity index (χ0) is 22.4. The highest BCUT2D eigenvalue weighted by atomic mass is 19.2. The van der Waals surface area contributed by atoms with Crippen LogP contribution in [0, 0.1) is 17.0 Å². The maximum Gasteiger partial charge on any atom is 0.226 e. The Hall–Kier alpha value is -3.12. The third kappa shape index (κ3) is 5.19. The maximum atomic E-state index is 13.7. The molecule has 1 aliphatic heterocycles. The van der Waals surface area contributed by atoms with Crippen molar-refractivity contribution < 1.29 is 18.3 Å². The third-order valence-electron chi connectivity index (χ3n) is 6.10. The molecule has 2 heterocycles. The van der Waals surface area contributed by atoms with Crippen molar-refractivity contribution in [1.29, 1.82) is 0 Å². The van der Waals surface area contributed by atoms with Gasteiger partial charge in [0.05, 0.1) is 5.41 Å². The average molecular weight is 437 g/mol. The largest absolute Gasteiger partial charge is 0.381 e. The zero-order valence-corrected chi connectivity index (χ0v) is 17.8. The Labute approximate surface area is 186 Å². The molecule has 1 aliphatic rings. The van der Waals surface area contributed by atoms with Crippen molar-refractivity contribution in [3.05, 3.63) is 89.8 Å². The molecular formula is C26H26F2N2O2. The molecule has 0 unspecified atom stereocenters. The number of nitrogens with zero attached hydrogens (tertiary/aromatic N) is 1. The van der Waals surface area contributed by atoms with Crippen LogP contribution in [0.1, 0.15) is 24.0 Å². The SMILES string of the molecule is O=C(NCCc1ccncc1)C1(Cc2cccc(-c3ccc(F)c(F)c3)c2)CCOCC1. The Kier molecular flexibility index (Phi) is 6.90. The number of rotatable bonds is 7. The van der Waals surface area contributed by atoms with Crippen LogP contribution in [0.4, 0.5) is 8.78 Å². The van der Waals surface area contributed by atoms with E-state index in [-0.39, 0.29) is 5.91 Å². The lowest BCUT2D eigenvalue weighted by atomic mass is 9.74. The van der Waals surface area contributed by atoms with Crippen LogP contribution in [-0.2, 0) is 22.4 Å². The summed E-state index contributed by atoms with van der Waals surface area (Å²) in [7, 11) is 0. The zero-order valence-electron chi connectivity index (χ0n) is 17.8. The van der Waals surface area contributed by atoms with Gasteiger partial charge in [-0.1, -0.05) is 30.3 Å². The minimum Gasteiger partial charge on any atom is -0.381 e. The molecule has 0 saturated carbocycles. The molecule has 3 aromatic rings. The number of hydrogen-bond donors (Lipinski definition) is 1. The summed E-state index contributed by atoms with van der Waals surface area (Å²) in [6.45, 7) is 1.64. The Bertz CT molecular complexity index is 1070. The first-order valence-corrected chi connectivity index (χ1v) is 10.9. The molecule has 1 aromatic heterocycles. The summed E-state index contributed by atoms with van der Waals surface area (Å²) in [6.07, 6.45) is 6.09. The van der Waals surface area contributed by atoms with Crippen molar-refractivity contribution >= 4 is 5.91 Å². The van der Waals surface area contributed by atoms with Gasteiger partial charge in [0.2, 0.25) is 5.91 Å². The molecule has 0 atom stereocenters. The van der Waals surface area contributed by atoms with Gasteiger partial charge in [0.25, 0.3) is 0 Å². The van der Waals surface area contributed by atoms with Crippen LogP contribution < -0.4 is 5.32 Å². The van der Waals surface area contributed by atoms with Crippen LogP contribution in [0.3, 0.4) is 0 Å². The molecule has 1 amide bonds. The molecule has 32 heavy (non-hydrogen) atoms. The summed E-state index contributed by atoms with van der Waals surface area (Å²) in [5, 5.41) is 3.12. The van der Waals surface area contributed by atoms with Gasteiger partial charge in [-0.25, -0.2) is 8.78 Å². The molecule has 0 radical (unpaired) electrons. The lowest BCUT2D eigenvalue weighted by molar-refractivity contribution is -0.136. The normalized spacial score (nSPS) is 15.3. The van der Waals surface area contributed by atoms with Crippen molar-refractivity contribution in [2.75, 3.05) is 19.8 Å². The summed E-state index contributed by atoms with van der Waals surface area (Å²) < 4.78 is 32.6. The number of hydrogen-bond acceptors (Lipinski definition) is 3. The van der Waals surface area contributed by atoms with Crippen molar-refractivity contribution in [3.63, 3.8) is 0 Å². The molecule has 1 saturated heterocycles. The molecule has 0 aliphatic carbocycles. The fraction of sp³-hybridized carbons (Fsp3) is 0.308. The van der Waals surface area contributed by atoms with Crippen LogP contribution in [-0.4, -0.2) is 30.6 Å². The van der Waals surface area contributed by atoms with E-state index >= 15 is 0 Å². The number of amides is 1. The predicted octanol–water partition coefficient (Wildman–Crippen LogP) is 4.73. The number of halogens is 2. The van der Waals surface area contributed by atoms with Crippen LogP contribution in [0.25, 0.3) is 11.1 Å². The first-order chi connectivity index (χ1) is 15.6. The number of nitrogens with one attached hydrogen (secondary N) is 1. The van der Waals surface area contributed by atoms with Gasteiger partial charge >= 0.3 is 0 Å². The van der Waals surface area contributed by atoms with Gasteiger partial charge in [0, 0.05) is 32.2 Å². The molecule has 0 spiro atoms. The summed E-state index contributed by atoms with van der Waals surface area (Å²) in [4.78, 5) is 17.3. The van der Waals surface area contributed by atoms with Crippen molar-refractivity contribution in [2.45, 2.75) is 25.7 Å². The standard InChI is InChI=1S/C26H26F2N2O2/c27-23-5-4-22(17-24(23)28)21-3-1-2-20(16-21)18-26(9-14-32-15-10-26)25(31)30-13-8-19-6-11-29-12-7-19/h1-7,11-12,16-17H,8-10,13-15,18H2,(H,30,31). The molecule has 4 rings (SSSR count). The Morgan fingerprint density at radius 3 is 2.44 bits per heavy atom. The first-order valence-electron chi connectivity index (χ1n) is 10.9. The minimum absolute atomic E-state index is 0.0353. The number of ether oxygens (including phenoxy) is 1. The van der Waals surface area contributed by atoms with E-state index in [0.29, 0.717) is 44.6 Å². The van der Waals surface area contributed by atoms with Crippen LogP contribution >= 0.6 is 0 Å². The van der Waals surface area contributed by atoms with Crippen molar-refractivity contribution in [3.8, 4) is 11.1 Å². The Balaban J connectivity index is 1.49. The van der Waals surface area contributed by atoms with Gasteiger partial charge in [-0.15, -0.1) is 0 Å². The molecule has 4 nitrogen and oxygen atoms in total. The molecule has 0 bridgehead atoms. The second-order valence-corrected chi connectivity index (χ2v) is 8.26. The van der Waals surface area contributed by atoms with Crippen LogP contribution in [0.2, 0.25) is 0 Å². The summed E-state index contributed by atoms with van der Waals surface area (Å²) >= 11 is 0. The summed E-state index contributed by atoms with van der Waals surface area (Å²) in [5.41, 5.74) is 2.96. The highest BCUT2D eigenvalue weighted by molar-refractivity contribution is 5.83. The van der Waals surface area contributed by atoms with E-state index in [1.165, 1.54) is 6.07 Å². The van der Waals surface area contributed by atoms with E-state index < -0.39 is 17.0 Å². The van der Waals surface area contributed by atoms with E-state index in [2.05, 4.69) is 10.3 Å². The number of carbonyl (C=O) groups is 1. The predicted molar refractivity (Wildman–Crippen MR) is 119 cm³/mol. The van der Waals surface area contributed by atoms with Crippen molar-refractivity contribution in [1.82, 2.24) is 10.3 Å². The third-order valence-corrected chi connectivity index (χ3v) is 6.10. The van der Waals surface area contributed by atoms with Gasteiger partial charge < -0.3 is 10.1 Å². The van der Waals surface area contributed by atoms with E-state index in [1.807, 2.05) is 36.4 Å². The topological polar surface area (TPSA) is 51.2 Å². The maximum absolute atomic E-state index is 13.7. The minimum atomic E-state index is -0.873. The van der Waals surface area contributed by atoms with E-state index in [9.17, 15) is 13.6 Å². The lowest BCUT2D eigenvalue weighted by Crippen LogP contribution is -2.46. The van der Waals surface area contributed by atoms with Crippen molar-refractivity contribution in [2.24, 2.45) is 5.41 Å². The van der Waals surface area contributed by atoms with Crippen LogP contribution in [0.15, 0.2) is 67.0 Å². The number of aromatic nitrogens is 1. The summed E-state index contributed by atoms with van der Waals surface area (Å²) in [5.74, 6) is -1.70. The fourth-order valence-electron chi connectivity index (χ4n) is 4.23. The van der Waals surface area contributed by atoms with Gasteiger partial charge in [-0.2, -0.15) is 0 Å². The average Bonchev–Trinajstić information content (AvgIpc) is 2.82. The Morgan fingerprint density at radius 2 is 1.69 bits per heavy atom. The van der Waals surface area contributed by atoms with E-state index in [4.69, 9.17) is 4.74 Å². The monoisotopic (exact) mass is 436 g/mol. The first kappa shape index (κ1) is 22.1. The number of pyridine rings is 1. The van der Waals surface area contributed by atoms with Gasteiger partial charge in [-0.3, -0.25) is 9.78 Å². The van der Waals surface area contributed by atoms with E-state index in [1.54, 1.807) is 18.5 Å². The molecular weight excluding hydrogens is 410 g/mol. The second kappa shape index (κ2) is 10.0. The lowest BCUT2D eigenvalue weighted by Gasteiger charge is -2.36. The smallest absolute Gasteiger partial charge is 0.226 e. The second-order valence-electron chi connectivity index (χ2n) is 8.26.